The van der Waals surface area contributed by atoms with Gasteiger partial charge in [0.25, 0.3) is 0 Å². The Balaban J connectivity index is 1.76. The molecule has 5 heteroatoms. The summed E-state index contributed by atoms with van der Waals surface area (Å²) in [6.45, 7) is 8.68. The highest BCUT2D eigenvalue weighted by molar-refractivity contribution is 5.82. The molecule has 2 aliphatic carbocycles. The molecule has 1 N–H and O–H groups in total. The molecule has 0 aromatic heterocycles. The first-order chi connectivity index (χ1) is 11.3. The number of epoxide rings is 1. The van der Waals surface area contributed by atoms with Crippen molar-refractivity contribution in [3.05, 3.63) is 23.8 Å². The van der Waals surface area contributed by atoms with Gasteiger partial charge in [0.2, 0.25) is 0 Å². The fourth-order valence-electron chi connectivity index (χ4n) is 5.38. The van der Waals surface area contributed by atoms with E-state index in [-0.39, 0.29) is 35.1 Å². The molecule has 2 aliphatic heterocycles. The molecule has 3 fully saturated rings. The summed E-state index contributed by atoms with van der Waals surface area (Å²) in [6.07, 6.45) is 5.50. The molecule has 24 heavy (non-hydrogen) atoms. The standard InChI is InChI=1S/C19H26O5/c1-5-6-16(21)24-14-8-15-19(10-22-19)18(14,4)17(3)9-12(20)11(2)7-13(17)23-15/h5-7,12-15,20H,8-10H2,1-4H3/b6-5-/t12?,13-,14-,15-,17+,18-,19+/m1/s1. The van der Waals surface area contributed by atoms with Crippen LogP contribution in [0.25, 0.3) is 0 Å². The van der Waals surface area contributed by atoms with Crippen molar-refractivity contribution in [2.75, 3.05) is 6.61 Å². The fourth-order valence-corrected chi connectivity index (χ4v) is 5.38. The van der Waals surface area contributed by atoms with Gasteiger partial charge < -0.3 is 19.3 Å². The summed E-state index contributed by atoms with van der Waals surface area (Å²) in [5.74, 6) is -0.324. The van der Waals surface area contributed by atoms with Crippen molar-refractivity contribution in [3.63, 3.8) is 0 Å². The fraction of sp³-hybridized carbons (Fsp3) is 0.737. The third kappa shape index (κ3) is 1.78. The number of aliphatic hydroxyl groups excluding tert-OH is 1. The molecule has 1 spiro atoms. The maximum absolute atomic E-state index is 12.1. The van der Waals surface area contributed by atoms with E-state index in [2.05, 4.69) is 13.8 Å². The number of carbonyl (C=O) groups is 1. The predicted molar refractivity (Wildman–Crippen MR) is 87.2 cm³/mol. The Hall–Kier alpha value is -1.17. The molecule has 7 atom stereocenters. The lowest BCUT2D eigenvalue weighted by molar-refractivity contribution is -0.216. The van der Waals surface area contributed by atoms with Crippen LogP contribution in [0.3, 0.4) is 0 Å². The summed E-state index contributed by atoms with van der Waals surface area (Å²) in [4.78, 5) is 12.1. The third-order valence-corrected chi connectivity index (χ3v) is 7.17. The van der Waals surface area contributed by atoms with Gasteiger partial charge in [-0.3, -0.25) is 0 Å². The zero-order valence-corrected chi connectivity index (χ0v) is 14.7. The molecule has 1 unspecified atom stereocenters. The van der Waals surface area contributed by atoms with Crippen molar-refractivity contribution in [1.29, 1.82) is 0 Å². The summed E-state index contributed by atoms with van der Waals surface area (Å²) in [5.41, 5.74) is -0.173. The van der Waals surface area contributed by atoms with E-state index >= 15 is 0 Å². The minimum Gasteiger partial charge on any atom is -0.458 e. The van der Waals surface area contributed by atoms with E-state index in [0.29, 0.717) is 19.4 Å². The first kappa shape index (κ1) is 16.3. The van der Waals surface area contributed by atoms with Crippen molar-refractivity contribution < 1.29 is 24.1 Å². The predicted octanol–water partition coefficient (Wildman–Crippen LogP) is 2.14. The number of hydrogen-bond acceptors (Lipinski definition) is 5. The van der Waals surface area contributed by atoms with Gasteiger partial charge in [-0.1, -0.05) is 26.0 Å². The van der Waals surface area contributed by atoms with E-state index in [4.69, 9.17) is 14.2 Å². The lowest BCUT2D eigenvalue weighted by Gasteiger charge is -2.58. The summed E-state index contributed by atoms with van der Waals surface area (Å²) >= 11 is 0. The molecule has 4 rings (SSSR count). The van der Waals surface area contributed by atoms with Crippen LogP contribution in [0.1, 0.15) is 40.5 Å². The molecule has 4 aliphatic rings. The monoisotopic (exact) mass is 334 g/mol. The molecular formula is C19H26O5. The van der Waals surface area contributed by atoms with E-state index in [1.54, 1.807) is 13.0 Å². The first-order valence-electron chi connectivity index (χ1n) is 8.77. The lowest BCUT2D eigenvalue weighted by Crippen LogP contribution is -2.65. The number of ether oxygens (including phenoxy) is 3. The van der Waals surface area contributed by atoms with Crippen LogP contribution in [0.15, 0.2) is 23.8 Å². The van der Waals surface area contributed by atoms with Crippen molar-refractivity contribution in [2.45, 2.75) is 70.6 Å². The minimum absolute atomic E-state index is 0.0664. The van der Waals surface area contributed by atoms with Gasteiger partial charge in [-0.05, 0) is 25.8 Å². The molecule has 2 saturated heterocycles. The normalized spacial score (nSPS) is 52.3. The highest BCUT2D eigenvalue weighted by Crippen LogP contribution is 2.71. The van der Waals surface area contributed by atoms with Crippen LogP contribution >= 0.6 is 0 Å². The Labute approximate surface area is 142 Å². The number of esters is 1. The van der Waals surface area contributed by atoms with Gasteiger partial charge >= 0.3 is 5.97 Å². The van der Waals surface area contributed by atoms with Crippen LogP contribution in [-0.4, -0.2) is 47.7 Å². The van der Waals surface area contributed by atoms with Gasteiger partial charge in [0.1, 0.15) is 11.7 Å². The van der Waals surface area contributed by atoms with Crippen molar-refractivity contribution >= 4 is 5.97 Å². The molecule has 132 valence electrons. The molecular weight excluding hydrogens is 308 g/mol. The van der Waals surface area contributed by atoms with E-state index < -0.39 is 11.7 Å². The van der Waals surface area contributed by atoms with Gasteiger partial charge in [0.05, 0.1) is 24.9 Å². The van der Waals surface area contributed by atoms with Gasteiger partial charge in [0.15, 0.2) is 0 Å². The first-order valence-corrected chi connectivity index (χ1v) is 8.77. The Morgan fingerprint density at radius 1 is 1.46 bits per heavy atom. The molecule has 0 radical (unpaired) electrons. The highest BCUT2D eigenvalue weighted by atomic mass is 16.6. The van der Waals surface area contributed by atoms with E-state index in [1.165, 1.54) is 6.08 Å². The second kappa shape index (κ2) is 4.93. The maximum atomic E-state index is 12.1. The Morgan fingerprint density at radius 2 is 2.17 bits per heavy atom. The molecule has 0 aromatic carbocycles. The number of hydrogen-bond donors (Lipinski definition) is 1. The summed E-state index contributed by atoms with van der Waals surface area (Å²) in [5, 5.41) is 10.5. The quantitative estimate of drug-likeness (QED) is 0.363. The van der Waals surface area contributed by atoms with Crippen LogP contribution in [0.2, 0.25) is 0 Å². The van der Waals surface area contributed by atoms with Gasteiger partial charge in [0, 0.05) is 23.3 Å². The van der Waals surface area contributed by atoms with Crippen LogP contribution < -0.4 is 0 Å². The zero-order chi connectivity index (χ0) is 17.3. The average Bonchev–Trinajstić information content (AvgIpc) is 3.27. The minimum atomic E-state index is -0.494. The molecule has 0 aromatic rings. The third-order valence-electron chi connectivity index (χ3n) is 7.17. The van der Waals surface area contributed by atoms with E-state index in [1.807, 2.05) is 13.0 Å². The molecule has 5 nitrogen and oxygen atoms in total. The number of carbonyl (C=O) groups excluding carboxylic acids is 1. The lowest BCUT2D eigenvalue weighted by atomic mass is 9.51. The second-order valence-electron chi connectivity index (χ2n) is 8.14. The van der Waals surface area contributed by atoms with E-state index in [0.717, 1.165) is 5.57 Å². The number of fused-ring (bicyclic) bond motifs is 2. The topological polar surface area (TPSA) is 68.3 Å². The average molecular weight is 334 g/mol. The zero-order valence-electron chi connectivity index (χ0n) is 14.7. The highest BCUT2D eigenvalue weighted by Gasteiger charge is 2.81. The largest absolute Gasteiger partial charge is 0.458 e. The molecule has 2 heterocycles. The number of aliphatic hydroxyl groups is 1. The van der Waals surface area contributed by atoms with Crippen molar-refractivity contribution in [2.24, 2.45) is 10.8 Å². The van der Waals surface area contributed by atoms with Crippen molar-refractivity contribution in [1.82, 2.24) is 0 Å². The van der Waals surface area contributed by atoms with Crippen molar-refractivity contribution in [3.8, 4) is 0 Å². The van der Waals surface area contributed by atoms with Crippen LogP contribution in [0, 0.1) is 10.8 Å². The summed E-state index contributed by atoms with van der Waals surface area (Å²) in [6, 6.07) is 0. The molecule has 1 saturated carbocycles. The van der Waals surface area contributed by atoms with Gasteiger partial charge in [-0.15, -0.1) is 0 Å². The van der Waals surface area contributed by atoms with E-state index in [9.17, 15) is 9.90 Å². The van der Waals surface area contributed by atoms with Gasteiger partial charge in [-0.2, -0.15) is 0 Å². The van der Waals surface area contributed by atoms with Crippen LogP contribution in [0.4, 0.5) is 0 Å². The smallest absolute Gasteiger partial charge is 0.330 e. The Kier molecular flexibility index (Phi) is 3.35. The Bertz CT molecular complexity index is 634. The maximum Gasteiger partial charge on any atom is 0.330 e. The Morgan fingerprint density at radius 3 is 2.79 bits per heavy atom. The van der Waals surface area contributed by atoms with Crippen LogP contribution in [0.5, 0.6) is 0 Å². The SMILES string of the molecule is C/C=C\C(=O)O[C@@H]1C[C@H]2O[C@@H]3C=C(C)C(O)C[C@]3(C)[C@]1(C)[C@]21CO1. The summed E-state index contributed by atoms with van der Waals surface area (Å²) in [7, 11) is 0. The second-order valence-corrected chi connectivity index (χ2v) is 8.14. The molecule has 0 amide bonds. The summed E-state index contributed by atoms with van der Waals surface area (Å²) < 4.78 is 18.2. The number of allylic oxidation sites excluding steroid dienone is 1. The number of rotatable bonds is 2. The van der Waals surface area contributed by atoms with Crippen LogP contribution in [-0.2, 0) is 19.0 Å². The molecule has 2 bridgehead atoms. The van der Waals surface area contributed by atoms with Gasteiger partial charge in [-0.25, -0.2) is 4.79 Å².